The number of nitrogens with one attached hydrogen (secondary N) is 1. The van der Waals surface area contributed by atoms with Crippen LogP contribution in [0, 0.1) is 0 Å². The van der Waals surface area contributed by atoms with Gasteiger partial charge >= 0.3 is 6.18 Å². The van der Waals surface area contributed by atoms with Gasteiger partial charge in [0, 0.05) is 40.0 Å². The first-order chi connectivity index (χ1) is 10.8. The summed E-state index contributed by atoms with van der Waals surface area (Å²) in [5, 5.41) is 3.57. The minimum Gasteiger partial charge on any atom is -0.496 e. The summed E-state index contributed by atoms with van der Waals surface area (Å²) >= 11 is 6.09. The lowest BCUT2D eigenvalue weighted by atomic mass is 9.78. The summed E-state index contributed by atoms with van der Waals surface area (Å²) in [5.41, 5.74) is 0.428. The number of methoxy groups -OCH3 is 1. The molecule has 3 rings (SSSR count). The first kappa shape index (κ1) is 15.9. The van der Waals surface area contributed by atoms with Gasteiger partial charge in [0.15, 0.2) is 0 Å². The number of hydrogen-bond donors (Lipinski definition) is 1. The number of rotatable bonds is 2. The van der Waals surface area contributed by atoms with Crippen molar-refractivity contribution >= 4 is 17.3 Å². The van der Waals surface area contributed by atoms with Crippen molar-refractivity contribution in [3.63, 3.8) is 0 Å². The van der Waals surface area contributed by atoms with E-state index in [-0.39, 0.29) is 0 Å². The number of alkyl halides is 3. The molecule has 1 aliphatic rings. The van der Waals surface area contributed by atoms with Gasteiger partial charge < -0.3 is 10.1 Å². The smallest absolute Gasteiger partial charge is 0.433 e. The van der Waals surface area contributed by atoms with E-state index in [2.05, 4.69) is 10.3 Å². The Labute approximate surface area is 136 Å². The number of benzene rings is 1. The molecule has 2 heterocycles. The Morgan fingerprint density at radius 3 is 2.65 bits per heavy atom. The molecule has 0 aliphatic carbocycles. The molecule has 0 bridgehead atoms. The van der Waals surface area contributed by atoms with E-state index in [0.717, 1.165) is 11.6 Å². The minimum atomic E-state index is -4.47. The maximum atomic E-state index is 12.8. The quantitative estimate of drug-likeness (QED) is 0.873. The van der Waals surface area contributed by atoms with E-state index in [1.165, 1.54) is 6.20 Å². The first-order valence-corrected chi connectivity index (χ1v) is 7.29. The van der Waals surface area contributed by atoms with E-state index in [1.54, 1.807) is 25.3 Å². The molecule has 122 valence electrons. The molecule has 0 fully saturated rings. The van der Waals surface area contributed by atoms with Crippen LogP contribution in [0.25, 0.3) is 0 Å². The summed E-state index contributed by atoms with van der Waals surface area (Å²) in [6.45, 7) is 2.36. The van der Waals surface area contributed by atoms with Crippen LogP contribution in [0.5, 0.6) is 5.75 Å². The van der Waals surface area contributed by atoms with Crippen LogP contribution >= 0.6 is 11.6 Å². The standard InChI is InChI=1S/C16H14ClF3N2O/c1-15(10-5-9(17)3-4-13(10)23-2)8-22-12-6-14(16(18,19)20)21-7-11(12)15/h3-7,22H,8H2,1-2H3. The van der Waals surface area contributed by atoms with E-state index in [9.17, 15) is 13.2 Å². The maximum absolute atomic E-state index is 12.8. The molecule has 1 atom stereocenters. The number of hydrogen-bond acceptors (Lipinski definition) is 3. The zero-order chi connectivity index (χ0) is 16.8. The van der Waals surface area contributed by atoms with E-state index >= 15 is 0 Å². The van der Waals surface area contributed by atoms with Crippen LogP contribution in [0.1, 0.15) is 23.7 Å². The van der Waals surface area contributed by atoms with Gasteiger partial charge in [-0.3, -0.25) is 4.98 Å². The van der Waals surface area contributed by atoms with E-state index in [1.807, 2.05) is 6.92 Å². The third kappa shape index (κ3) is 2.61. The molecule has 1 N–H and O–H groups in total. The normalized spacial score (nSPS) is 20.1. The molecule has 0 spiro atoms. The number of aromatic nitrogens is 1. The van der Waals surface area contributed by atoms with Gasteiger partial charge in [0.2, 0.25) is 0 Å². The molecule has 7 heteroatoms. The molecule has 0 amide bonds. The van der Waals surface area contributed by atoms with Crippen molar-refractivity contribution in [1.29, 1.82) is 0 Å². The fraction of sp³-hybridized carbons (Fsp3) is 0.312. The van der Waals surface area contributed by atoms with Crippen LogP contribution in [-0.4, -0.2) is 18.6 Å². The second-order valence-corrected chi connectivity index (χ2v) is 6.08. The average Bonchev–Trinajstić information content (AvgIpc) is 2.84. The highest BCUT2D eigenvalue weighted by molar-refractivity contribution is 6.30. The third-order valence-corrected chi connectivity index (χ3v) is 4.41. The van der Waals surface area contributed by atoms with Crippen LogP contribution in [-0.2, 0) is 11.6 Å². The lowest BCUT2D eigenvalue weighted by Gasteiger charge is -2.27. The summed E-state index contributed by atoms with van der Waals surface area (Å²) < 4.78 is 43.8. The molecular formula is C16H14ClF3N2O. The molecule has 2 aromatic rings. The minimum absolute atomic E-state index is 0.428. The van der Waals surface area contributed by atoms with Crippen LogP contribution in [0.4, 0.5) is 18.9 Å². The molecule has 1 aromatic carbocycles. The Morgan fingerprint density at radius 2 is 2.00 bits per heavy atom. The van der Waals surface area contributed by atoms with Crippen molar-refractivity contribution in [2.75, 3.05) is 19.0 Å². The molecule has 23 heavy (non-hydrogen) atoms. The Balaban J connectivity index is 2.13. The van der Waals surface area contributed by atoms with Crippen LogP contribution in [0.3, 0.4) is 0 Å². The Hall–Kier alpha value is -1.95. The molecule has 0 radical (unpaired) electrons. The number of anilines is 1. The van der Waals surface area contributed by atoms with E-state index < -0.39 is 17.3 Å². The van der Waals surface area contributed by atoms with Gasteiger partial charge in [0.05, 0.1) is 7.11 Å². The summed E-state index contributed by atoms with van der Waals surface area (Å²) in [6, 6.07) is 6.27. The predicted molar refractivity (Wildman–Crippen MR) is 82.2 cm³/mol. The zero-order valence-corrected chi connectivity index (χ0v) is 13.2. The Morgan fingerprint density at radius 1 is 1.26 bits per heavy atom. The number of ether oxygens (including phenoxy) is 1. The molecular weight excluding hydrogens is 329 g/mol. The first-order valence-electron chi connectivity index (χ1n) is 6.91. The SMILES string of the molecule is COc1ccc(Cl)cc1C1(C)CNc2cc(C(F)(F)F)ncc21. The fourth-order valence-corrected chi connectivity index (χ4v) is 3.09. The van der Waals surface area contributed by atoms with Crippen molar-refractivity contribution in [2.45, 2.75) is 18.5 Å². The van der Waals surface area contributed by atoms with Gasteiger partial charge in [-0.25, -0.2) is 0 Å². The topological polar surface area (TPSA) is 34.1 Å². The number of fused-ring (bicyclic) bond motifs is 1. The lowest BCUT2D eigenvalue weighted by Crippen LogP contribution is -2.26. The summed E-state index contributed by atoms with van der Waals surface area (Å²) in [5.74, 6) is 0.631. The monoisotopic (exact) mass is 342 g/mol. The Kier molecular flexibility index (Phi) is 3.67. The van der Waals surface area contributed by atoms with Crippen molar-refractivity contribution in [3.05, 3.63) is 52.3 Å². The van der Waals surface area contributed by atoms with E-state index in [0.29, 0.717) is 28.6 Å². The highest BCUT2D eigenvalue weighted by Gasteiger charge is 2.41. The molecule has 3 nitrogen and oxygen atoms in total. The largest absolute Gasteiger partial charge is 0.496 e. The van der Waals surface area contributed by atoms with Gasteiger partial charge in [0.25, 0.3) is 0 Å². The summed E-state index contributed by atoms with van der Waals surface area (Å²) in [6.07, 6.45) is -3.19. The zero-order valence-electron chi connectivity index (χ0n) is 12.5. The van der Waals surface area contributed by atoms with Gasteiger partial charge in [-0.05, 0) is 31.2 Å². The van der Waals surface area contributed by atoms with Gasteiger partial charge in [0.1, 0.15) is 11.4 Å². The molecule has 1 aliphatic heterocycles. The molecule has 1 unspecified atom stereocenters. The molecule has 1 aromatic heterocycles. The lowest BCUT2D eigenvalue weighted by molar-refractivity contribution is -0.141. The highest BCUT2D eigenvalue weighted by atomic mass is 35.5. The Bertz CT molecular complexity index is 763. The van der Waals surface area contributed by atoms with Crippen LogP contribution in [0.15, 0.2) is 30.5 Å². The highest BCUT2D eigenvalue weighted by Crippen LogP contribution is 2.46. The van der Waals surface area contributed by atoms with Crippen molar-refractivity contribution < 1.29 is 17.9 Å². The second-order valence-electron chi connectivity index (χ2n) is 5.64. The molecule has 0 saturated carbocycles. The van der Waals surface area contributed by atoms with Gasteiger partial charge in [-0.2, -0.15) is 13.2 Å². The maximum Gasteiger partial charge on any atom is 0.433 e. The summed E-state index contributed by atoms with van der Waals surface area (Å²) in [7, 11) is 1.55. The number of halogens is 4. The third-order valence-electron chi connectivity index (χ3n) is 4.18. The number of nitrogens with zero attached hydrogens (tertiary/aromatic N) is 1. The van der Waals surface area contributed by atoms with Gasteiger partial charge in [-0.1, -0.05) is 11.6 Å². The fourth-order valence-electron chi connectivity index (χ4n) is 2.92. The van der Waals surface area contributed by atoms with Gasteiger partial charge in [-0.15, -0.1) is 0 Å². The van der Waals surface area contributed by atoms with E-state index in [4.69, 9.17) is 16.3 Å². The summed E-state index contributed by atoms with van der Waals surface area (Å²) in [4.78, 5) is 3.58. The molecule has 0 saturated heterocycles. The van der Waals surface area contributed by atoms with Crippen molar-refractivity contribution in [3.8, 4) is 5.75 Å². The number of pyridine rings is 1. The van der Waals surface area contributed by atoms with Crippen LogP contribution in [0.2, 0.25) is 5.02 Å². The van der Waals surface area contributed by atoms with Crippen LogP contribution < -0.4 is 10.1 Å². The average molecular weight is 343 g/mol. The predicted octanol–water partition coefficient (Wildman–Crippen LogP) is 4.49. The van der Waals surface area contributed by atoms with Crippen molar-refractivity contribution in [1.82, 2.24) is 4.98 Å². The van der Waals surface area contributed by atoms with Crippen molar-refractivity contribution in [2.24, 2.45) is 0 Å². The second kappa shape index (κ2) is 5.30.